The Hall–Kier alpha value is -2.69. The standard InChI is InChI=1S/C19H23NO4/c1-5-14-8-6-7-9-17(14)24-13(2)19(21)20-16-12-15(22-3)10-11-18(16)23-4/h6-13H,5H2,1-4H3,(H,20,21)/t13-/m0/s1. The first-order chi connectivity index (χ1) is 11.6. The predicted octanol–water partition coefficient (Wildman–Crippen LogP) is 3.67. The van der Waals surface area contributed by atoms with Crippen LogP contribution in [-0.4, -0.2) is 26.2 Å². The summed E-state index contributed by atoms with van der Waals surface area (Å²) < 4.78 is 16.3. The van der Waals surface area contributed by atoms with Crippen LogP contribution in [0.15, 0.2) is 42.5 Å². The number of para-hydroxylation sites is 1. The number of benzene rings is 2. The van der Waals surface area contributed by atoms with Crippen molar-refractivity contribution in [3.8, 4) is 17.2 Å². The van der Waals surface area contributed by atoms with E-state index in [4.69, 9.17) is 14.2 Å². The largest absolute Gasteiger partial charge is 0.497 e. The molecule has 0 aliphatic rings. The summed E-state index contributed by atoms with van der Waals surface area (Å²) >= 11 is 0. The van der Waals surface area contributed by atoms with Crippen molar-refractivity contribution in [3.05, 3.63) is 48.0 Å². The Labute approximate surface area is 142 Å². The molecule has 5 nitrogen and oxygen atoms in total. The molecule has 0 aromatic heterocycles. The number of hydrogen-bond acceptors (Lipinski definition) is 4. The van der Waals surface area contributed by atoms with Gasteiger partial charge < -0.3 is 19.5 Å². The topological polar surface area (TPSA) is 56.8 Å². The second-order valence-electron chi connectivity index (χ2n) is 5.28. The number of hydrogen-bond donors (Lipinski definition) is 1. The summed E-state index contributed by atoms with van der Waals surface area (Å²) in [5, 5.41) is 2.82. The number of rotatable bonds is 7. The van der Waals surface area contributed by atoms with Crippen molar-refractivity contribution < 1.29 is 19.0 Å². The fourth-order valence-corrected chi connectivity index (χ4v) is 2.30. The van der Waals surface area contributed by atoms with E-state index in [1.165, 1.54) is 0 Å². The van der Waals surface area contributed by atoms with Gasteiger partial charge in [0.05, 0.1) is 19.9 Å². The van der Waals surface area contributed by atoms with Gasteiger partial charge in [0.15, 0.2) is 6.10 Å². The fourth-order valence-electron chi connectivity index (χ4n) is 2.30. The van der Waals surface area contributed by atoms with Crippen LogP contribution >= 0.6 is 0 Å². The highest BCUT2D eigenvalue weighted by Crippen LogP contribution is 2.29. The average molecular weight is 329 g/mol. The zero-order chi connectivity index (χ0) is 17.5. The lowest BCUT2D eigenvalue weighted by Gasteiger charge is -2.18. The lowest BCUT2D eigenvalue weighted by atomic mass is 10.1. The summed E-state index contributed by atoms with van der Waals surface area (Å²) in [6.45, 7) is 3.77. The van der Waals surface area contributed by atoms with Crippen LogP contribution in [0.4, 0.5) is 5.69 Å². The maximum absolute atomic E-state index is 12.5. The summed E-state index contributed by atoms with van der Waals surface area (Å²) in [5.41, 5.74) is 1.61. The number of amides is 1. The number of aryl methyl sites for hydroxylation is 1. The summed E-state index contributed by atoms with van der Waals surface area (Å²) in [7, 11) is 3.12. The van der Waals surface area contributed by atoms with Gasteiger partial charge in [0.25, 0.3) is 5.91 Å². The van der Waals surface area contributed by atoms with Gasteiger partial charge in [-0.25, -0.2) is 0 Å². The Kier molecular flexibility index (Phi) is 6.07. The first kappa shape index (κ1) is 17.7. The SMILES string of the molecule is CCc1ccccc1O[C@@H](C)C(=O)Nc1cc(OC)ccc1OC. The number of anilines is 1. The van der Waals surface area contributed by atoms with Crippen molar-refractivity contribution in [1.29, 1.82) is 0 Å². The van der Waals surface area contributed by atoms with Crippen molar-refractivity contribution in [3.63, 3.8) is 0 Å². The highest BCUT2D eigenvalue weighted by atomic mass is 16.5. The molecule has 0 aliphatic carbocycles. The molecule has 0 spiro atoms. The van der Waals surface area contributed by atoms with E-state index in [2.05, 4.69) is 5.32 Å². The van der Waals surface area contributed by atoms with E-state index in [0.717, 1.165) is 17.7 Å². The Morgan fingerprint density at radius 1 is 1.08 bits per heavy atom. The fraction of sp³-hybridized carbons (Fsp3) is 0.316. The van der Waals surface area contributed by atoms with Crippen molar-refractivity contribution in [2.45, 2.75) is 26.4 Å². The predicted molar refractivity (Wildman–Crippen MR) is 94.1 cm³/mol. The molecule has 1 amide bonds. The molecule has 0 heterocycles. The van der Waals surface area contributed by atoms with E-state index in [1.807, 2.05) is 31.2 Å². The number of carbonyl (C=O) groups is 1. The van der Waals surface area contributed by atoms with E-state index in [0.29, 0.717) is 17.2 Å². The molecular formula is C19H23NO4. The van der Waals surface area contributed by atoms with Crippen LogP contribution in [-0.2, 0) is 11.2 Å². The van der Waals surface area contributed by atoms with Crippen LogP contribution in [0.25, 0.3) is 0 Å². The Morgan fingerprint density at radius 2 is 1.83 bits per heavy atom. The van der Waals surface area contributed by atoms with Crippen LogP contribution in [0.1, 0.15) is 19.4 Å². The van der Waals surface area contributed by atoms with Gasteiger partial charge in [0, 0.05) is 6.07 Å². The molecule has 0 saturated carbocycles. The molecule has 0 saturated heterocycles. The van der Waals surface area contributed by atoms with Crippen LogP contribution in [0.5, 0.6) is 17.2 Å². The minimum Gasteiger partial charge on any atom is -0.497 e. The molecule has 0 bridgehead atoms. The summed E-state index contributed by atoms with van der Waals surface area (Å²) in [5.74, 6) is 1.66. The maximum atomic E-state index is 12.5. The molecule has 5 heteroatoms. The normalized spacial score (nSPS) is 11.5. The van der Waals surface area contributed by atoms with Crippen molar-refractivity contribution in [2.24, 2.45) is 0 Å². The second-order valence-corrected chi connectivity index (χ2v) is 5.28. The van der Waals surface area contributed by atoms with Crippen molar-refractivity contribution in [2.75, 3.05) is 19.5 Å². The van der Waals surface area contributed by atoms with Crippen molar-refractivity contribution in [1.82, 2.24) is 0 Å². The van der Waals surface area contributed by atoms with Crippen LogP contribution in [0.3, 0.4) is 0 Å². The lowest BCUT2D eigenvalue weighted by Crippen LogP contribution is -2.30. The van der Waals surface area contributed by atoms with Gasteiger partial charge in [-0.2, -0.15) is 0 Å². The maximum Gasteiger partial charge on any atom is 0.265 e. The smallest absolute Gasteiger partial charge is 0.265 e. The Morgan fingerprint density at radius 3 is 2.50 bits per heavy atom. The molecule has 1 atom stereocenters. The van der Waals surface area contributed by atoms with Gasteiger partial charge in [0.1, 0.15) is 17.2 Å². The quantitative estimate of drug-likeness (QED) is 0.842. The highest BCUT2D eigenvalue weighted by Gasteiger charge is 2.18. The molecule has 0 unspecified atom stereocenters. The zero-order valence-electron chi connectivity index (χ0n) is 14.5. The molecule has 1 N–H and O–H groups in total. The lowest BCUT2D eigenvalue weighted by molar-refractivity contribution is -0.122. The monoisotopic (exact) mass is 329 g/mol. The molecule has 128 valence electrons. The van der Waals surface area contributed by atoms with Crippen molar-refractivity contribution >= 4 is 11.6 Å². The number of nitrogens with one attached hydrogen (secondary N) is 1. The third kappa shape index (κ3) is 4.19. The van der Waals surface area contributed by atoms with Gasteiger partial charge in [-0.15, -0.1) is 0 Å². The first-order valence-corrected chi connectivity index (χ1v) is 7.86. The van der Waals surface area contributed by atoms with E-state index in [-0.39, 0.29) is 5.91 Å². The zero-order valence-corrected chi connectivity index (χ0v) is 14.5. The first-order valence-electron chi connectivity index (χ1n) is 7.86. The van der Waals surface area contributed by atoms with E-state index < -0.39 is 6.10 Å². The minimum absolute atomic E-state index is 0.257. The van der Waals surface area contributed by atoms with Gasteiger partial charge >= 0.3 is 0 Å². The second kappa shape index (κ2) is 8.24. The molecule has 2 rings (SSSR count). The van der Waals surface area contributed by atoms with Crippen LogP contribution in [0.2, 0.25) is 0 Å². The van der Waals surface area contributed by atoms with Gasteiger partial charge in [-0.05, 0) is 37.1 Å². The van der Waals surface area contributed by atoms with Gasteiger partial charge in [0.2, 0.25) is 0 Å². The Balaban J connectivity index is 2.11. The molecule has 2 aromatic carbocycles. The van der Waals surface area contributed by atoms with Gasteiger partial charge in [-0.3, -0.25) is 4.79 Å². The molecule has 0 aliphatic heterocycles. The minimum atomic E-state index is -0.645. The summed E-state index contributed by atoms with van der Waals surface area (Å²) in [6.07, 6.45) is 0.197. The molecular weight excluding hydrogens is 306 g/mol. The van der Waals surface area contributed by atoms with Crippen LogP contribution < -0.4 is 19.5 Å². The molecule has 2 aromatic rings. The third-order valence-electron chi connectivity index (χ3n) is 3.69. The number of ether oxygens (including phenoxy) is 3. The van der Waals surface area contributed by atoms with Gasteiger partial charge in [-0.1, -0.05) is 25.1 Å². The summed E-state index contributed by atoms with van der Waals surface area (Å²) in [6, 6.07) is 12.9. The molecule has 0 radical (unpaired) electrons. The number of methoxy groups -OCH3 is 2. The third-order valence-corrected chi connectivity index (χ3v) is 3.69. The molecule has 0 fully saturated rings. The number of carbonyl (C=O) groups excluding carboxylic acids is 1. The highest BCUT2D eigenvalue weighted by molar-refractivity contribution is 5.95. The van der Waals surface area contributed by atoms with E-state index in [1.54, 1.807) is 39.3 Å². The van der Waals surface area contributed by atoms with E-state index in [9.17, 15) is 4.79 Å². The van der Waals surface area contributed by atoms with Crippen LogP contribution in [0, 0.1) is 0 Å². The molecule has 24 heavy (non-hydrogen) atoms. The van der Waals surface area contributed by atoms with E-state index >= 15 is 0 Å². The Bertz CT molecular complexity index is 700. The summed E-state index contributed by atoms with van der Waals surface area (Å²) in [4.78, 5) is 12.5. The average Bonchev–Trinajstić information content (AvgIpc) is 2.61.